The van der Waals surface area contributed by atoms with E-state index in [0.29, 0.717) is 47.8 Å². The summed E-state index contributed by atoms with van der Waals surface area (Å²) < 4.78 is 1.68. The van der Waals surface area contributed by atoms with Gasteiger partial charge in [0.15, 0.2) is 5.82 Å². The lowest BCUT2D eigenvalue weighted by Crippen LogP contribution is -2.51. The van der Waals surface area contributed by atoms with Crippen molar-refractivity contribution in [3.63, 3.8) is 0 Å². The van der Waals surface area contributed by atoms with Gasteiger partial charge < -0.3 is 19.9 Å². The van der Waals surface area contributed by atoms with E-state index in [4.69, 9.17) is 16.6 Å². The third-order valence-electron chi connectivity index (χ3n) is 7.22. The standard InChI is InChI=1S/C31H26ClN5O3/c1-2-29(39)36-16-19(17-36)18-37-28-14-26(32)25(24-12-22(38)11-20-7-3-4-9-23(20)24)13-27(28)35-30(31(37)40)34-15-21-8-5-6-10-33-21/h2-14,19,38H,1,15-18H2,(H,34,35). The molecule has 2 N–H and O–H groups in total. The number of rotatable bonds is 7. The number of nitrogens with one attached hydrogen (secondary N) is 1. The van der Waals surface area contributed by atoms with Gasteiger partial charge in [0.2, 0.25) is 5.91 Å². The lowest BCUT2D eigenvalue weighted by atomic mass is 9.97. The van der Waals surface area contributed by atoms with Gasteiger partial charge in [-0.05, 0) is 58.8 Å². The SMILES string of the molecule is C=CC(=O)N1CC(Cn2c(=O)c(NCc3ccccn3)nc3cc(-c4cc(O)cc5ccccc45)c(Cl)cc32)C1. The second-order valence-corrected chi connectivity index (χ2v) is 10.3. The van der Waals surface area contributed by atoms with Crippen molar-refractivity contribution in [2.75, 3.05) is 18.4 Å². The molecule has 5 aromatic rings. The smallest absolute Gasteiger partial charge is 0.293 e. The van der Waals surface area contributed by atoms with Crippen LogP contribution in [-0.4, -0.2) is 43.5 Å². The molecule has 1 amide bonds. The summed E-state index contributed by atoms with van der Waals surface area (Å²) in [5.74, 6) is 0.311. The highest BCUT2D eigenvalue weighted by Gasteiger charge is 2.30. The van der Waals surface area contributed by atoms with Crippen LogP contribution in [0.25, 0.3) is 32.9 Å². The Morgan fingerprint density at radius 3 is 2.67 bits per heavy atom. The number of aromatic nitrogens is 3. The molecule has 8 nitrogen and oxygen atoms in total. The summed E-state index contributed by atoms with van der Waals surface area (Å²) in [6, 6.07) is 20.4. The van der Waals surface area contributed by atoms with Gasteiger partial charge in [-0.3, -0.25) is 14.6 Å². The second-order valence-electron chi connectivity index (χ2n) is 9.90. The van der Waals surface area contributed by atoms with Crippen molar-refractivity contribution >= 4 is 45.1 Å². The highest BCUT2D eigenvalue weighted by molar-refractivity contribution is 6.34. The van der Waals surface area contributed by atoms with Gasteiger partial charge >= 0.3 is 0 Å². The van der Waals surface area contributed by atoms with Crippen LogP contribution < -0.4 is 10.9 Å². The number of amides is 1. The molecule has 200 valence electrons. The van der Waals surface area contributed by atoms with Crippen LogP contribution in [0.1, 0.15) is 5.69 Å². The zero-order valence-corrected chi connectivity index (χ0v) is 22.3. The zero-order valence-electron chi connectivity index (χ0n) is 21.5. The van der Waals surface area contributed by atoms with Crippen LogP contribution in [0.4, 0.5) is 5.82 Å². The van der Waals surface area contributed by atoms with E-state index in [0.717, 1.165) is 22.0 Å². The van der Waals surface area contributed by atoms with Crippen molar-refractivity contribution < 1.29 is 9.90 Å². The van der Waals surface area contributed by atoms with E-state index >= 15 is 0 Å². The first-order chi connectivity index (χ1) is 19.4. The summed E-state index contributed by atoms with van der Waals surface area (Å²) in [6.45, 7) is 5.37. The largest absolute Gasteiger partial charge is 0.508 e. The monoisotopic (exact) mass is 551 g/mol. The van der Waals surface area contributed by atoms with Gasteiger partial charge in [0.1, 0.15) is 5.75 Å². The van der Waals surface area contributed by atoms with Crippen molar-refractivity contribution in [2.24, 2.45) is 5.92 Å². The number of likely N-dealkylation sites (tertiary alicyclic amines) is 1. The minimum Gasteiger partial charge on any atom is -0.508 e. The Labute approximate surface area is 235 Å². The van der Waals surface area contributed by atoms with Crippen LogP contribution in [0.2, 0.25) is 5.02 Å². The summed E-state index contributed by atoms with van der Waals surface area (Å²) >= 11 is 6.85. The number of anilines is 1. The molecule has 0 atom stereocenters. The fourth-order valence-electron chi connectivity index (χ4n) is 5.21. The summed E-state index contributed by atoms with van der Waals surface area (Å²) in [5.41, 5.74) is 3.14. The van der Waals surface area contributed by atoms with Crippen LogP contribution in [0, 0.1) is 5.92 Å². The third kappa shape index (κ3) is 4.78. The number of hydrogen-bond acceptors (Lipinski definition) is 6. The highest BCUT2D eigenvalue weighted by Crippen LogP contribution is 2.38. The predicted octanol–water partition coefficient (Wildman–Crippen LogP) is 5.23. The van der Waals surface area contributed by atoms with Crippen molar-refractivity contribution in [1.29, 1.82) is 0 Å². The summed E-state index contributed by atoms with van der Waals surface area (Å²) in [6.07, 6.45) is 3.00. The molecule has 3 heterocycles. The molecule has 3 aromatic carbocycles. The van der Waals surface area contributed by atoms with E-state index in [9.17, 15) is 14.7 Å². The number of carbonyl (C=O) groups excluding carboxylic acids is 1. The number of carbonyl (C=O) groups is 1. The Hall–Kier alpha value is -4.69. The molecular formula is C31H26ClN5O3. The van der Waals surface area contributed by atoms with Gasteiger partial charge in [0.25, 0.3) is 5.56 Å². The number of halogens is 1. The van der Waals surface area contributed by atoms with Crippen LogP contribution in [0.3, 0.4) is 0 Å². The molecule has 2 aromatic heterocycles. The lowest BCUT2D eigenvalue weighted by Gasteiger charge is -2.39. The minimum absolute atomic E-state index is 0.101. The Morgan fingerprint density at radius 1 is 1.10 bits per heavy atom. The number of benzene rings is 3. The van der Waals surface area contributed by atoms with E-state index in [1.807, 2.05) is 48.5 Å². The molecule has 9 heteroatoms. The number of phenolic OH excluding ortho intramolecular Hbond substituents is 1. The van der Waals surface area contributed by atoms with Crippen LogP contribution in [0.15, 0.2) is 90.4 Å². The molecule has 6 rings (SSSR count). The summed E-state index contributed by atoms with van der Waals surface area (Å²) in [4.78, 5) is 36.4. The van der Waals surface area contributed by atoms with E-state index in [-0.39, 0.29) is 29.0 Å². The fraction of sp³-hybridized carbons (Fsp3) is 0.161. The number of fused-ring (bicyclic) bond motifs is 2. The van der Waals surface area contributed by atoms with Gasteiger partial charge in [-0.2, -0.15) is 0 Å². The predicted molar refractivity (Wildman–Crippen MR) is 157 cm³/mol. The molecule has 0 aliphatic carbocycles. The minimum atomic E-state index is -0.274. The highest BCUT2D eigenvalue weighted by atomic mass is 35.5. The molecule has 0 unspecified atom stereocenters. The molecule has 0 spiro atoms. The first kappa shape index (κ1) is 25.6. The van der Waals surface area contributed by atoms with Crippen LogP contribution >= 0.6 is 11.6 Å². The van der Waals surface area contributed by atoms with Crippen molar-refractivity contribution in [3.8, 4) is 16.9 Å². The van der Waals surface area contributed by atoms with Crippen LogP contribution in [0.5, 0.6) is 5.75 Å². The Kier molecular flexibility index (Phi) is 6.69. The first-order valence-electron chi connectivity index (χ1n) is 12.9. The van der Waals surface area contributed by atoms with E-state index in [1.54, 1.807) is 33.9 Å². The molecule has 1 aliphatic heterocycles. The quantitative estimate of drug-likeness (QED) is 0.269. The molecule has 0 radical (unpaired) electrons. The van der Waals surface area contributed by atoms with Gasteiger partial charge in [0.05, 0.1) is 28.3 Å². The molecule has 1 aliphatic rings. The average Bonchev–Trinajstić information content (AvgIpc) is 2.94. The summed E-state index contributed by atoms with van der Waals surface area (Å²) in [5, 5.41) is 15.9. The second kappa shape index (κ2) is 10.5. The number of hydrogen-bond donors (Lipinski definition) is 2. The number of aromatic hydroxyl groups is 1. The van der Waals surface area contributed by atoms with Gasteiger partial charge in [-0.15, -0.1) is 0 Å². The molecule has 1 saturated heterocycles. The Morgan fingerprint density at radius 2 is 1.90 bits per heavy atom. The van der Waals surface area contributed by atoms with Gasteiger partial charge in [0, 0.05) is 37.3 Å². The van der Waals surface area contributed by atoms with Crippen molar-refractivity contribution in [2.45, 2.75) is 13.1 Å². The molecule has 1 fully saturated rings. The third-order valence-corrected chi connectivity index (χ3v) is 7.53. The fourth-order valence-corrected chi connectivity index (χ4v) is 5.47. The molecular weight excluding hydrogens is 526 g/mol. The number of phenols is 1. The normalized spacial score (nSPS) is 13.4. The Balaban J connectivity index is 1.46. The number of nitrogens with zero attached hydrogens (tertiary/aromatic N) is 4. The molecule has 0 bridgehead atoms. The topological polar surface area (TPSA) is 100 Å². The maximum absolute atomic E-state index is 13.7. The van der Waals surface area contributed by atoms with E-state index in [1.165, 1.54) is 6.08 Å². The van der Waals surface area contributed by atoms with Crippen molar-refractivity contribution in [1.82, 2.24) is 19.4 Å². The maximum Gasteiger partial charge on any atom is 0.293 e. The van der Waals surface area contributed by atoms with Crippen LogP contribution in [-0.2, 0) is 17.9 Å². The molecule has 0 saturated carbocycles. The number of pyridine rings is 1. The average molecular weight is 552 g/mol. The zero-order chi connectivity index (χ0) is 27.8. The van der Waals surface area contributed by atoms with Crippen molar-refractivity contribution in [3.05, 3.63) is 107 Å². The molecule has 40 heavy (non-hydrogen) atoms. The van der Waals surface area contributed by atoms with E-state index in [2.05, 4.69) is 16.9 Å². The first-order valence-corrected chi connectivity index (χ1v) is 13.3. The Bertz CT molecular complexity index is 1830. The van der Waals surface area contributed by atoms with Gasteiger partial charge in [-0.1, -0.05) is 48.5 Å². The lowest BCUT2D eigenvalue weighted by molar-refractivity contribution is -0.132. The van der Waals surface area contributed by atoms with E-state index < -0.39 is 0 Å². The van der Waals surface area contributed by atoms with Gasteiger partial charge in [-0.25, -0.2) is 4.98 Å². The summed E-state index contributed by atoms with van der Waals surface area (Å²) in [7, 11) is 0. The maximum atomic E-state index is 13.7.